The Bertz CT molecular complexity index is 955. The van der Waals surface area contributed by atoms with Gasteiger partial charge in [-0.1, -0.05) is 13.3 Å². The van der Waals surface area contributed by atoms with Crippen LogP contribution in [0.15, 0.2) is 24.5 Å². The van der Waals surface area contributed by atoms with Crippen LogP contribution in [0.1, 0.15) is 65.2 Å². The van der Waals surface area contributed by atoms with Crippen LogP contribution >= 0.6 is 0 Å². The highest BCUT2D eigenvalue weighted by Crippen LogP contribution is 2.34. The molecule has 0 aliphatic carbocycles. The number of alkyl halides is 2. The van der Waals surface area contributed by atoms with Crippen molar-refractivity contribution in [3.05, 3.63) is 30.2 Å². The lowest BCUT2D eigenvalue weighted by molar-refractivity contribution is -0.119. The summed E-state index contributed by atoms with van der Waals surface area (Å²) in [5.41, 5.74) is 0.524. The molecule has 2 N–H and O–H groups in total. The number of halogens is 2. The van der Waals surface area contributed by atoms with Crippen LogP contribution < -0.4 is 10.6 Å². The molecule has 31 heavy (non-hydrogen) atoms. The van der Waals surface area contributed by atoms with E-state index in [1.54, 1.807) is 39.8 Å². The molecule has 1 aliphatic rings. The first-order valence-electron chi connectivity index (χ1n) is 10.2. The van der Waals surface area contributed by atoms with Gasteiger partial charge in [-0.2, -0.15) is 13.9 Å². The van der Waals surface area contributed by atoms with Gasteiger partial charge in [0.15, 0.2) is 0 Å². The second kappa shape index (κ2) is 8.99. The zero-order valence-electron chi connectivity index (χ0n) is 18.0. The first-order valence-corrected chi connectivity index (χ1v) is 10.2. The van der Waals surface area contributed by atoms with Crippen LogP contribution in [-0.4, -0.2) is 32.4 Å². The van der Waals surface area contributed by atoms with E-state index in [9.17, 15) is 18.4 Å². The van der Waals surface area contributed by atoms with Crippen molar-refractivity contribution in [1.29, 1.82) is 0 Å². The average molecular weight is 435 g/mol. The topological polar surface area (TPSA) is 98.1 Å². The van der Waals surface area contributed by atoms with Gasteiger partial charge in [0.05, 0.1) is 29.3 Å². The minimum Gasteiger partial charge on any atom is -0.444 e. The molecule has 0 radical (unpaired) electrons. The zero-order chi connectivity index (χ0) is 22.8. The van der Waals surface area contributed by atoms with E-state index in [-0.39, 0.29) is 23.2 Å². The van der Waals surface area contributed by atoms with Gasteiger partial charge in [0.1, 0.15) is 5.60 Å². The van der Waals surface area contributed by atoms with E-state index in [0.717, 1.165) is 0 Å². The van der Waals surface area contributed by atoms with Crippen molar-refractivity contribution in [3.63, 3.8) is 0 Å². The van der Waals surface area contributed by atoms with Crippen LogP contribution in [0, 0.1) is 5.92 Å². The molecule has 0 fully saturated rings. The number of ether oxygens (including phenoxy) is 1. The van der Waals surface area contributed by atoms with Gasteiger partial charge in [-0.3, -0.25) is 9.78 Å². The molecule has 1 aliphatic heterocycles. The van der Waals surface area contributed by atoms with Crippen molar-refractivity contribution in [2.24, 2.45) is 5.92 Å². The van der Waals surface area contributed by atoms with Crippen molar-refractivity contribution >= 4 is 17.7 Å². The van der Waals surface area contributed by atoms with Gasteiger partial charge in [0, 0.05) is 17.7 Å². The molecule has 2 bridgehead atoms. The predicted molar refractivity (Wildman–Crippen MR) is 110 cm³/mol. The summed E-state index contributed by atoms with van der Waals surface area (Å²) in [7, 11) is 0. The molecule has 0 aromatic carbocycles. The number of nitrogens with one attached hydrogen (secondary N) is 2. The third kappa shape index (κ3) is 5.56. The Hall–Kier alpha value is -3.04. The fourth-order valence-electron chi connectivity index (χ4n) is 3.43. The number of hydrogen-bond acceptors (Lipinski definition) is 5. The maximum atomic E-state index is 13.6. The zero-order valence-corrected chi connectivity index (χ0v) is 18.0. The molecular formula is C21H27F2N5O3. The van der Waals surface area contributed by atoms with E-state index in [2.05, 4.69) is 20.7 Å². The van der Waals surface area contributed by atoms with E-state index in [1.807, 2.05) is 0 Å². The Kier molecular flexibility index (Phi) is 6.56. The number of fused-ring (bicyclic) bond motifs is 4. The molecule has 2 aromatic rings. The van der Waals surface area contributed by atoms with Crippen molar-refractivity contribution < 1.29 is 23.1 Å². The van der Waals surface area contributed by atoms with E-state index in [4.69, 9.17) is 4.74 Å². The first-order chi connectivity index (χ1) is 14.5. The highest BCUT2D eigenvalue weighted by molar-refractivity contribution is 5.95. The number of carbonyl (C=O) groups is 2. The molecule has 168 valence electrons. The number of pyridine rings is 1. The molecule has 3 heterocycles. The Labute approximate surface area is 179 Å². The Balaban J connectivity index is 2.04. The van der Waals surface area contributed by atoms with Crippen LogP contribution in [0.2, 0.25) is 0 Å². The van der Waals surface area contributed by atoms with Crippen LogP contribution in [0.3, 0.4) is 0 Å². The molecule has 2 amide bonds. The number of aromatic nitrogens is 3. The van der Waals surface area contributed by atoms with E-state index >= 15 is 0 Å². The Morgan fingerprint density at radius 2 is 2.10 bits per heavy atom. The van der Waals surface area contributed by atoms with Crippen LogP contribution in [-0.2, 0) is 9.53 Å². The number of amides is 2. The fourth-order valence-corrected chi connectivity index (χ4v) is 3.43. The van der Waals surface area contributed by atoms with Gasteiger partial charge in [-0.15, -0.1) is 0 Å². The highest BCUT2D eigenvalue weighted by atomic mass is 19.3. The lowest BCUT2D eigenvalue weighted by Gasteiger charge is -2.24. The molecule has 0 spiro atoms. The molecule has 10 heteroatoms. The largest absolute Gasteiger partial charge is 0.444 e. The lowest BCUT2D eigenvalue weighted by atomic mass is 9.97. The summed E-state index contributed by atoms with van der Waals surface area (Å²) in [5.74, 6) is -0.628. The smallest absolute Gasteiger partial charge is 0.408 e. The number of alkyl carbamates (subject to hydrolysis) is 1. The molecular weight excluding hydrogens is 408 g/mol. The maximum Gasteiger partial charge on any atom is 0.408 e. The first kappa shape index (κ1) is 22.6. The number of carbonyl (C=O) groups excluding carboxylic acids is 2. The molecule has 8 nitrogen and oxygen atoms in total. The van der Waals surface area contributed by atoms with Crippen molar-refractivity contribution in [2.45, 2.75) is 65.1 Å². The van der Waals surface area contributed by atoms with Gasteiger partial charge in [-0.25, -0.2) is 9.48 Å². The van der Waals surface area contributed by atoms with Gasteiger partial charge in [0.2, 0.25) is 5.91 Å². The molecule has 0 saturated heterocycles. The minimum atomic E-state index is -2.89. The van der Waals surface area contributed by atoms with Crippen LogP contribution in [0.25, 0.3) is 11.3 Å². The summed E-state index contributed by atoms with van der Waals surface area (Å²) in [6.45, 7) is 4.17. The summed E-state index contributed by atoms with van der Waals surface area (Å²) >= 11 is 0. The number of nitrogens with zero attached hydrogens (tertiary/aromatic N) is 3. The average Bonchev–Trinajstić information content (AvgIpc) is 3.08. The third-order valence-corrected chi connectivity index (χ3v) is 4.92. The monoisotopic (exact) mass is 435 g/mol. The highest BCUT2D eigenvalue weighted by Gasteiger charge is 2.26. The standard InChI is InChI=1S/C21H27F2N5O3/c1-12-6-5-7-14(27-20(30)31-21(2,3)4)15-10-13(8-9-24-15)17-16(26-18(12)29)11-25-28(17)19(22)23/h8-12,14,19H,5-7H2,1-4H3,(H,26,29)(H,27,30)/t12-,14-/m0/s1. The Morgan fingerprint density at radius 3 is 2.77 bits per heavy atom. The minimum absolute atomic E-state index is 0.0794. The summed E-state index contributed by atoms with van der Waals surface area (Å²) < 4.78 is 33.1. The van der Waals surface area contributed by atoms with Gasteiger partial charge < -0.3 is 15.4 Å². The second-order valence-corrected chi connectivity index (χ2v) is 8.62. The summed E-state index contributed by atoms with van der Waals surface area (Å²) in [5, 5.41) is 9.29. The van der Waals surface area contributed by atoms with Crippen LogP contribution in [0.5, 0.6) is 0 Å². The molecule has 0 unspecified atom stereocenters. The molecule has 3 rings (SSSR count). The van der Waals surface area contributed by atoms with E-state index in [0.29, 0.717) is 35.2 Å². The summed E-state index contributed by atoms with van der Waals surface area (Å²) in [6, 6.07) is 2.68. The van der Waals surface area contributed by atoms with Gasteiger partial charge in [-0.05, 0) is 45.7 Å². The Morgan fingerprint density at radius 1 is 1.35 bits per heavy atom. The van der Waals surface area contributed by atoms with E-state index < -0.39 is 24.3 Å². The predicted octanol–water partition coefficient (Wildman–Crippen LogP) is 4.66. The SMILES string of the molecule is C[C@H]1CCC[C@H](NC(=O)OC(C)(C)C)c2cc(ccn2)-c2c(cnn2C(F)F)NC1=O. The molecule has 2 atom stereocenters. The quantitative estimate of drug-likeness (QED) is 0.715. The number of anilines is 1. The summed E-state index contributed by atoms with van der Waals surface area (Å²) in [6.07, 6.45) is 3.81. The molecule has 2 aromatic heterocycles. The maximum absolute atomic E-state index is 13.6. The number of hydrogen-bond donors (Lipinski definition) is 2. The third-order valence-electron chi connectivity index (χ3n) is 4.92. The summed E-state index contributed by atoms with van der Waals surface area (Å²) in [4.78, 5) is 29.3. The van der Waals surface area contributed by atoms with Gasteiger partial charge >= 0.3 is 12.6 Å². The van der Waals surface area contributed by atoms with Crippen molar-refractivity contribution in [2.75, 3.05) is 5.32 Å². The van der Waals surface area contributed by atoms with Gasteiger partial charge in [0.25, 0.3) is 0 Å². The van der Waals surface area contributed by atoms with E-state index in [1.165, 1.54) is 12.4 Å². The second-order valence-electron chi connectivity index (χ2n) is 8.62. The van der Waals surface area contributed by atoms with Crippen molar-refractivity contribution in [1.82, 2.24) is 20.1 Å². The number of rotatable bonds is 2. The molecule has 0 saturated carbocycles. The van der Waals surface area contributed by atoms with Crippen LogP contribution in [0.4, 0.5) is 19.3 Å². The fraction of sp³-hybridized carbons (Fsp3) is 0.524. The normalized spacial score (nSPS) is 19.6. The lowest BCUT2D eigenvalue weighted by Crippen LogP contribution is -2.35. The van der Waals surface area contributed by atoms with Crippen molar-refractivity contribution in [3.8, 4) is 11.3 Å².